The standard InChI is InChI=1S/C13H12ClN3/c1-4-13(9-15,16-3)8-10(2)11-6-5-7-12(14)17-11/h5-7H,2,4,8H2,1H3. The Kier molecular flexibility index (Phi) is 4.26. The van der Waals surface area contributed by atoms with Crippen molar-refractivity contribution in [3.05, 3.63) is 47.0 Å². The van der Waals surface area contributed by atoms with Gasteiger partial charge in [0.15, 0.2) is 6.07 Å². The van der Waals surface area contributed by atoms with Crippen LogP contribution >= 0.6 is 11.6 Å². The highest BCUT2D eigenvalue weighted by Crippen LogP contribution is 2.28. The molecule has 0 aliphatic carbocycles. The summed E-state index contributed by atoms with van der Waals surface area (Å²) < 4.78 is 0. The predicted molar refractivity (Wildman–Crippen MR) is 68.1 cm³/mol. The Labute approximate surface area is 106 Å². The maximum atomic E-state index is 9.08. The Bertz CT molecular complexity index is 494. The molecule has 1 aromatic rings. The van der Waals surface area contributed by atoms with Crippen LogP contribution in [0.5, 0.6) is 0 Å². The highest BCUT2D eigenvalue weighted by molar-refractivity contribution is 6.29. The van der Waals surface area contributed by atoms with Gasteiger partial charge in [0.2, 0.25) is 0 Å². The van der Waals surface area contributed by atoms with Crippen molar-refractivity contribution in [1.29, 1.82) is 5.26 Å². The van der Waals surface area contributed by atoms with E-state index in [1.807, 2.05) is 6.92 Å². The molecule has 0 aliphatic rings. The molecule has 0 radical (unpaired) electrons. The minimum absolute atomic E-state index is 0.289. The van der Waals surface area contributed by atoms with Gasteiger partial charge in [-0.25, -0.2) is 11.6 Å². The molecule has 1 heterocycles. The second kappa shape index (κ2) is 5.48. The number of aromatic nitrogens is 1. The summed E-state index contributed by atoms with van der Waals surface area (Å²) in [6.07, 6.45) is 0.753. The molecular formula is C13H12ClN3. The average molecular weight is 246 g/mol. The zero-order chi connectivity index (χ0) is 12.9. The van der Waals surface area contributed by atoms with E-state index >= 15 is 0 Å². The van der Waals surface area contributed by atoms with Crippen LogP contribution in [-0.4, -0.2) is 10.5 Å². The topological polar surface area (TPSA) is 41.0 Å². The molecule has 1 unspecified atom stereocenters. The fourth-order valence-corrected chi connectivity index (χ4v) is 1.60. The molecule has 0 spiro atoms. The summed E-state index contributed by atoms with van der Waals surface area (Å²) >= 11 is 5.78. The van der Waals surface area contributed by atoms with Crippen LogP contribution in [0, 0.1) is 17.9 Å². The molecule has 3 nitrogen and oxygen atoms in total. The molecule has 86 valence electrons. The van der Waals surface area contributed by atoms with E-state index in [0.717, 1.165) is 0 Å². The van der Waals surface area contributed by atoms with Crippen molar-refractivity contribution in [2.24, 2.45) is 0 Å². The summed E-state index contributed by atoms with van der Waals surface area (Å²) in [5.41, 5.74) is 0.252. The third-order valence-electron chi connectivity index (χ3n) is 2.59. The predicted octanol–water partition coefficient (Wildman–Crippen LogP) is 3.73. The first-order valence-corrected chi connectivity index (χ1v) is 5.55. The lowest BCUT2D eigenvalue weighted by atomic mass is 9.89. The van der Waals surface area contributed by atoms with Crippen LogP contribution in [-0.2, 0) is 0 Å². The Balaban J connectivity index is 2.94. The van der Waals surface area contributed by atoms with Crippen LogP contribution in [0.3, 0.4) is 0 Å². The van der Waals surface area contributed by atoms with Gasteiger partial charge in [0, 0.05) is 6.42 Å². The lowest BCUT2D eigenvalue weighted by Crippen LogP contribution is -2.21. The first kappa shape index (κ1) is 13.2. The normalized spacial score (nSPS) is 13.2. The van der Waals surface area contributed by atoms with Crippen LogP contribution in [0.15, 0.2) is 24.8 Å². The van der Waals surface area contributed by atoms with Crippen molar-refractivity contribution >= 4 is 17.2 Å². The monoisotopic (exact) mass is 245 g/mol. The van der Waals surface area contributed by atoms with Crippen molar-refractivity contribution in [3.8, 4) is 6.07 Å². The minimum Gasteiger partial charge on any atom is -0.294 e. The second-order valence-electron chi connectivity index (χ2n) is 3.73. The molecule has 0 saturated heterocycles. The smallest absolute Gasteiger partial charge is 0.294 e. The van der Waals surface area contributed by atoms with Gasteiger partial charge in [-0.3, -0.25) is 4.85 Å². The van der Waals surface area contributed by atoms with Crippen molar-refractivity contribution in [1.82, 2.24) is 4.98 Å². The fraction of sp³-hybridized carbons (Fsp3) is 0.308. The van der Waals surface area contributed by atoms with Crippen LogP contribution in [0.1, 0.15) is 25.5 Å². The molecule has 0 N–H and O–H groups in total. The van der Waals surface area contributed by atoms with Gasteiger partial charge in [-0.05, 0) is 17.7 Å². The lowest BCUT2D eigenvalue weighted by molar-refractivity contribution is 0.624. The summed E-state index contributed by atoms with van der Waals surface area (Å²) in [5, 5.41) is 9.46. The molecule has 0 amide bonds. The third kappa shape index (κ3) is 3.06. The summed E-state index contributed by atoms with van der Waals surface area (Å²) in [6.45, 7) is 12.8. The van der Waals surface area contributed by atoms with E-state index in [0.29, 0.717) is 22.8 Å². The van der Waals surface area contributed by atoms with E-state index in [9.17, 15) is 0 Å². The summed E-state index contributed by atoms with van der Waals surface area (Å²) in [6, 6.07) is 7.27. The van der Waals surface area contributed by atoms with Gasteiger partial charge in [0.25, 0.3) is 0 Å². The van der Waals surface area contributed by atoms with Gasteiger partial charge < -0.3 is 0 Å². The Morgan fingerprint density at radius 3 is 2.88 bits per heavy atom. The second-order valence-corrected chi connectivity index (χ2v) is 4.12. The third-order valence-corrected chi connectivity index (χ3v) is 2.80. The average Bonchev–Trinajstić information content (AvgIpc) is 2.36. The highest BCUT2D eigenvalue weighted by Gasteiger charge is 2.35. The van der Waals surface area contributed by atoms with Gasteiger partial charge in [0.05, 0.1) is 12.1 Å². The maximum absolute atomic E-state index is 9.08. The molecule has 4 heteroatoms. The molecule has 0 saturated carbocycles. The van der Waals surface area contributed by atoms with Gasteiger partial charge in [-0.15, -0.1) is 0 Å². The molecule has 0 fully saturated rings. The SMILES string of the molecule is [C-]#[N+]C(C#N)(CC)CC(=C)c1cccc(Cl)n1. The Hall–Kier alpha value is -1.84. The molecule has 1 rings (SSSR count). The lowest BCUT2D eigenvalue weighted by Gasteiger charge is -2.13. The quantitative estimate of drug-likeness (QED) is 0.599. The first-order valence-electron chi connectivity index (χ1n) is 5.17. The molecule has 0 aromatic carbocycles. The van der Waals surface area contributed by atoms with E-state index in [2.05, 4.69) is 22.5 Å². The van der Waals surface area contributed by atoms with Gasteiger partial charge in [-0.1, -0.05) is 31.2 Å². The van der Waals surface area contributed by atoms with Crippen molar-refractivity contribution in [2.75, 3.05) is 0 Å². The number of halogens is 1. The number of rotatable bonds is 4. The number of pyridine rings is 1. The van der Waals surface area contributed by atoms with Crippen molar-refractivity contribution < 1.29 is 0 Å². The van der Waals surface area contributed by atoms with Gasteiger partial charge in [-0.2, -0.15) is 5.26 Å². The Morgan fingerprint density at radius 1 is 1.71 bits per heavy atom. The van der Waals surface area contributed by atoms with Crippen LogP contribution < -0.4 is 0 Å². The van der Waals surface area contributed by atoms with Gasteiger partial charge in [0.1, 0.15) is 5.15 Å². The van der Waals surface area contributed by atoms with E-state index < -0.39 is 5.54 Å². The fourth-order valence-electron chi connectivity index (χ4n) is 1.44. The zero-order valence-electron chi connectivity index (χ0n) is 9.57. The number of nitrogens with zero attached hydrogens (tertiary/aromatic N) is 3. The molecule has 1 atom stereocenters. The summed E-state index contributed by atoms with van der Waals surface area (Å²) in [5.74, 6) is 0. The first-order chi connectivity index (χ1) is 8.06. The molecule has 0 bridgehead atoms. The van der Waals surface area contributed by atoms with Crippen molar-refractivity contribution in [3.63, 3.8) is 0 Å². The Morgan fingerprint density at radius 2 is 2.41 bits per heavy atom. The molecule has 0 aliphatic heterocycles. The van der Waals surface area contributed by atoms with Gasteiger partial charge >= 0.3 is 5.54 Å². The van der Waals surface area contributed by atoms with E-state index in [1.165, 1.54) is 0 Å². The maximum Gasteiger partial charge on any atom is 0.319 e. The minimum atomic E-state index is -1.04. The largest absolute Gasteiger partial charge is 0.319 e. The number of nitriles is 1. The van der Waals surface area contributed by atoms with E-state index in [4.69, 9.17) is 23.4 Å². The van der Waals surface area contributed by atoms with E-state index in [-0.39, 0.29) is 6.42 Å². The van der Waals surface area contributed by atoms with Crippen molar-refractivity contribution in [2.45, 2.75) is 25.3 Å². The summed E-state index contributed by atoms with van der Waals surface area (Å²) in [7, 11) is 0. The molecule has 1 aromatic heterocycles. The highest BCUT2D eigenvalue weighted by atomic mass is 35.5. The zero-order valence-corrected chi connectivity index (χ0v) is 10.3. The molecular weight excluding hydrogens is 234 g/mol. The summed E-state index contributed by atoms with van der Waals surface area (Å²) in [4.78, 5) is 7.53. The van der Waals surface area contributed by atoms with Crippen LogP contribution in [0.25, 0.3) is 10.4 Å². The number of hydrogen-bond acceptors (Lipinski definition) is 2. The van der Waals surface area contributed by atoms with Crippen LogP contribution in [0.4, 0.5) is 0 Å². The molecule has 17 heavy (non-hydrogen) atoms. The number of hydrogen-bond donors (Lipinski definition) is 0. The van der Waals surface area contributed by atoms with Crippen LogP contribution in [0.2, 0.25) is 5.15 Å². The van der Waals surface area contributed by atoms with E-state index in [1.54, 1.807) is 18.2 Å².